The van der Waals surface area contributed by atoms with Crippen LogP contribution in [0.15, 0.2) is 23.1 Å². The van der Waals surface area contributed by atoms with Crippen LogP contribution in [0.4, 0.5) is 0 Å². The summed E-state index contributed by atoms with van der Waals surface area (Å²) >= 11 is 8.10. The van der Waals surface area contributed by atoms with Gasteiger partial charge in [-0.3, -0.25) is 0 Å². The van der Waals surface area contributed by atoms with E-state index in [0.29, 0.717) is 0 Å². The minimum Gasteiger partial charge on any atom is -0.389 e. The van der Waals surface area contributed by atoms with E-state index in [9.17, 15) is 5.11 Å². The first kappa shape index (κ1) is 12.3. The maximum Gasteiger partial charge on any atom is 0.0762 e. The fourth-order valence-corrected chi connectivity index (χ4v) is 3.63. The zero-order valence-electron chi connectivity index (χ0n) is 9.45. The first-order chi connectivity index (χ1) is 7.66. The molecule has 1 nitrogen and oxygen atoms in total. The number of aliphatic hydroxyl groups excluding tert-OH is 1. The van der Waals surface area contributed by atoms with E-state index in [1.807, 2.05) is 30.0 Å². The van der Waals surface area contributed by atoms with Crippen molar-refractivity contribution in [3.8, 4) is 0 Å². The Hall–Kier alpha value is -0.180. The molecule has 16 heavy (non-hydrogen) atoms. The van der Waals surface area contributed by atoms with Gasteiger partial charge in [-0.25, -0.2) is 0 Å². The Morgan fingerprint density at radius 2 is 2.06 bits per heavy atom. The second kappa shape index (κ2) is 5.44. The molecule has 1 saturated carbocycles. The lowest BCUT2D eigenvalue weighted by Gasteiger charge is -2.12. The highest BCUT2D eigenvalue weighted by Gasteiger charge is 2.17. The highest BCUT2D eigenvalue weighted by Crippen LogP contribution is 2.38. The fourth-order valence-electron chi connectivity index (χ4n) is 2.06. The summed E-state index contributed by atoms with van der Waals surface area (Å²) < 4.78 is 0. The summed E-state index contributed by atoms with van der Waals surface area (Å²) in [6.07, 6.45) is 4.86. The Balaban J connectivity index is 2.09. The Bertz CT molecular complexity index is 359. The molecule has 1 unspecified atom stereocenters. The number of hydrogen-bond acceptors (Lipinski definition) is 2. The van der Waals surface area contributed by atoms with Gasteiger partial charge >= 0.3 is 0 Å². The monoisotopic (exact) mass is 256 g/mol. The molecule has 2 rings (SSSR count). The molecule has 1 N–H and O–H groups in total. The third kappa shape index (κ3) is 2.93. The number of hydrogen-bond donors (Lipinski definition) is 1. The zero-order chi connectivity index (χ0) is 11.5. The summed E-state index contributed by atoms with van der Waals surface area (Å²) in [5, 5.41) is 11.0. The van der Waals surface area contributed by atoms with Crippen molar-refractivity contribution < 1.29 is 5.11 Å². The minimum absolute atomic E-state index is 0.442. The number of thioether (sulfide) groups is 1. The average Bonchev–Trinajstić information content (AvgIpc) is 2.73. The highest BCUT2D eigenvalue weighted by molar-refractivity contribution is 8.00. The van der Waals surface area contributed by atoms with Crippen LogP contribution in [-0.2, 0) is 0 Å². The molecule has 1 aromatic rings. The van der Waals surface area contributed by atoms with E-state index in [2.05, 4.69) is 0 Å². The summed E-state index contributed by atoms with van der Waals surface area (Å²) in [6.45, 7) is 1.76. The van der Waals surface area contributed by atoms with Crippen LogP contribution in [-0.4, -0.2) is 10.4 Å². The molecule has 0 bridgehead atoms. The van der Waals surface area contributed by atoms with Gasteiger partial charge in [0.2, 0.25) is 0 Å². The summed E-state index contributed by atoms with van der Waals surface area (Å²) in [5.41, 5.74) is 0.890. The summed E-state index contributed by atoms with van der Waals surface area (Å²) in [7, 11) is 0. The van der Waals surface area contributed by atoms with Crippen molar-refractivity contribution in [2.24, 2.45) is 0 Å². The number of aliphatic hydroxyl groups is 1. The van der Waals surface area contributed by atoms with Gasteiger partial charge in [0.15, 0.2) is 0 Å². The van der Waals surface area contributed by atoms with Gasteiger partial charge in [0.25, 0.3) is 0 Å². The van der Waals surface area contributed by atoms with Gasteiger partial charge < -0.3 is 5.11 Å². The van der Waals surface area contributed by atoms with Crippen LogP contribution in [0.5, 0.6) is 0 Å². The van der Waals surface area contributed by atoms with Gasteiger partial charge in [0.1, 0.15) is 0 Å². The molecular formula is C13H17ClOS. The molecule has 1 aliphatic rings. The predicted molar refractivity (Wildman–Crippen MR) is 70.2 cm³/mol. The molecule has 1 aromatic carbocycles. The highest BCUT2D eigenvalue weighted by atomic mass is 35.5. The van der Waals surface area contributed by atoms with E-state index < -0.39 is 6.10 Å². The third-order valence-corrected chi connectivity index (χ3v) is 4.87. The van der Waals surface area contributed by atoms with Crippen LogP contribution >= 0.6 is 23.4 Å². The van der Waals surface area contributed by atoms with Crippen LogP contribution in [0.2, 0.25) is 5.02 Å². The van der Waals surface area contributed by atoms with Crippen molar-refractivity contribution in [2.45, 2.75) is 48.9 Å². The second-order valence-corrected chi connectivity index (χ2v) is 6.14. The molecule has 0 spiro atoms. The largest absolute Gasteiger partial charge is 0.389 e. The first-order valence-corrected chi connectivity index (χ1v) is 7.07. The number of benzene rings is 1. The van der Waals surface area contributed by atoms with Crippen molar-refractivity contribution in [3.05, 3.63) is 28.8 Å². The van der Waals surface area contributed by atoms with Crippen LogP contribution < -0.4 is 0 Å². The molecule has 0 aliphatic heterocycles. The van der Waals surface area contributed by atoms with E-state index in [1.54, 1.807) is 6.92 Å². The lowest BCUT2D eigenvalue weighted by molar-refractivity contribution is 0.199. The van der Waals surface area contributed by atoms with E-state index in [4.69, 9.17) is 11.6 Å². The Morgan fingerprint density at radius 1 is 1.38 bits per heavy atom. The normalized spacial score (nSPS) is 18.9. The Labute approximate surface area is 106 Å². The number of rotatable bonds is 3. The van der Waals surface area contributed by atoms with E-state index in [0.717, 1.165) is 20.7 Å². The summed E-state index contributed by atoms with van der Waals surface area (Å²) in [6, 6.07) is 5.88. The lowest BCUT2D eigenvalue weighted by Crippen LogP contribution is -1.95. The van der Waals surface area contributed by atoms with Crippen LogP contribution in [0.3, 0.4) is 0 Å². The molecule has 0 amide bonds. The standard InChI is InChI=1S/C13H17ClOS/c1-9(15)10-6-7-13(12(14)8-10)16-11-4-2-3-5-11/h6-9,11,15H,2-5H2,1H3. The van der Waals surface area contributed by atoms with Crippen molar-refractivity contribution in [2.75, 3.05) is 0 Å². The van der Waals surface area contributed by atoms with Gasteiger partial charge in [-0.2, -0.15) is 0 Å². The van der Waals surface area contributed by atoms with Crippen molar-refractivity contribution >= 4 is 23.4 Å². The quantitative estimate of drug-likeness (QED) is 0.864. The predicted octanol–water partition coefficient (Wildman–Crippen LogP) is 4.43. The molecule has 0 saturated heterocycles. The lowest BCUT2D eigenvalue weighted by atomic mass is 10.1. The Kier molecular flexibility index (Phi) is 4.17. The molecular weight excluding hydrogens is 240 g/mol. The SMILES string of the molecule is CC(O)c1ccc(SC2CCCC2)c(Cl)c1. The molecule has 1 aliphatic carbocycles. The average molecular weight is 257 g/mol. The first-order valence-electron chi connectivity index (χ1n) is 5.81. The second-order valence-electron chi connectivity index (χ2n) is 4.39. The van der Waals surface area contributed by atoms with E-state index in [1.165, 1.54) is 25.7 Å². The molecule has 0 heterocycles. The zero-order valence-corrected chi connectivity index (χ0v) is 11.0. The van der Waals surface area contributed by atoms with Crippen LogP contribution in [0.25, 0.3) is 0 Å². The van der Waals surface area contributed by atoms with Gasteiger partial charge in [-0.1, -0.05) is 30.5 Å². The maximum atomic E-state index is 9.46. The third-order valence-electron chi connectivity index (χ3n) is 3.03. The maximum absolute atomic E-state index is 9.46. The van der Waals surface area contributed by atoms with Gasteiger partial charge in [-0.15, -0.1) is 11.8 Å². The molecule has 88 valence electrons. The topological polar surface area (TPSA) is 20.2 Å². The molecule has 0 aromatic heterocycles. The number of halogens is 1. The van der Waals surface area contributed by atoms with E-state index >= 15 is 0 Å². The molecule has 1 atom stereocenters. The molecule has 1 fully saturated rings. The minimum atomic E-state index is -0.442. The smallest absolute Gasteiger partial charge is 0.0762 e. The van der Waals surface area contributed by atoms with Gasteiger partial charge in [0, 0.05) is 10.1 Å². The van der Waals surface area contributed by atoms with Crippen molar-refractivity contribution in [1.82, 2.24) is 0 Å². The van der Waals surface area contributed by atoms with Crippen LogP contribution in [0, 0.1) is 0 Å². The van der Waals surface area contributed by atoms with Crippen LogP contribution in [0.1, 0.15) is 44.3 Å². The molecule has 3 heteroatoms. The van der Waals surface area contributed by atoms with Crippen molar-refractivity contribution in [3.63, 3.8) is 0 Å². The van der Waals surface area contributed by atoms with Gasteiger partial charge in [0.05, 0.1) is 11.1 Å². The van der Waals surface area contributed by atoms with Gasteiger partial charge in [-0.05, 0) is 37.5 Å². The van der Waals surface area contributed by atoms with E-state index in [-0.39, 0.29) is 0 Å². The fraction of sp³-hybridized carbons (Fsp3) is 0.538. The summed E-state index contributed by atoms with van der Waals surface area (Å²) in [5.74, 6) is 0. The molecule has 0 radical (unpaired) electrons. The summed E-state index contributed by atoms with van der Waals surface area (Å²) in [4.78, 5) is 1.15. The Morgan fingerprint density at radius 3 is 2.62 bits per heavy atom. The van der Waals surface area contributed by atoms with Crippen molar-refractivity contribution in [1.29, 1.82) is 0 Å².